The van der Waals surface area contributed by atoms with Crippen LogP contribution in [0.2, 0.25) is 0 Å². The number of rotatable bonds is 4. The summed E-state index contributed by atoms with van der Waals surface area (Å²) in [4.78, 5) is 24.1. The fraction of sp³-hybridized carbons (Fsp3) is 0.385. The number of carbonyl (C=O) groups excluding carboxylic acids is 2. The lowest BCUT2D eigenvalue weighted by atomic mass is 10.2. The number of thiophene rings is 1. The summed E-state index contributed by atoms with van der Waals surface area (Å²) in [6.07, 6.45) is 0.121. The average Bonchev–Trinajstić information content (AvgIpc) is 2.67. The number of hydrogen-bond donors (Lipinski definition) is 3. The van der Waals surface area contributed by atoms with Crippen molar-refractivity contribution < 1.29 is 9.59 Å². The van der Waals surface area contributed by atoms with Crippen LogP contribution in [0.1, 0.15) is 33.5 Å². The van der Waals surface area contributed by atoms with Crippen molar-refractivity contribution >= 4 is 23.2 Å². The number of amides is 2. The number of aryl methyl sites for hydroxylation is 1. The van der Waals surface area contributed by atoms with Crippen LogP contribution in [0.3, 0.4) is 0 Å². The lowest BCUT2D eigenvalue weighted by Gasteiger charge is -2.10. The van der Waals surface area contributed by atoms with E-state index in [1.165, 1.54) is 11.3 Å². The third kappa shape index (κ3) is 4.73. The van der Waals surface area contributed by atoms with Gasteiger partial charge in [0.25, 0.3) is 5.91 Å². The van der Waals surface area contributed by atoms with Gasteiger partial charge in [0.2, 0.25) is 5.91 Å². The first-order valence-electron chi connectivity index (χ1n) is 5.82. The molecule has 1 aromatic heterocycles. The summed E-state index contributed by atoms with van der Waals surface area (Å²) in [7, 11) is 0. The highest BCUT2D eigenvalue weighted by atomic mass is 32.1. The molecule has 6 heteroatoms. The van der Waals surface area contributed by atoms with Crippen molar-refractivity contribution in [3.05, 3.63) is 21.4 Å². The number of nitrogens with two attached hydrogens (primary N) is 2. The van der Waals surface area contributed by atoms with Crippen molar-refractivity contribution in [2.24, 2.45) is 11.5 Å². The summed E-state index contributed by atoms with van der Waals surface area (Å²) >= 11 is 1.31. The van der Waals surface area contributed by atoms with Gasteiger partial charge >= 0.3 is 0 Å². The van der Waals surface area contributed by atoms with Crippen molar-refractivity contribution in [2.45, 2.75) is 26.3 Å². The monoisotopic (exact) mass is 279 g/mol. The van der Waals surface area contributed by atoms with E-state index in [2.05, 4.69) is 17.2 Å². The molecular weight excluding hydrogens is 262 g/mol. The van der Waals surface area contributed by atoms with Gasteiger partial charge in [0.15, 0.2) is 0 Å². The molecule has 1 aromatic rings. The van der Waals surface area contributed by atoms with Crippen LogP contribution in [0, 0.1) is 18.8 Å². The predicted molar refractivity (Wildman–Crippen MR) is 75.7 cm³/mol. The van der Waals surface area contributed by atoms with E-state index in [1.54, 1.807) is 13.0 Å². The third-order valence-corrected chi connectivity index (χ3v) is 3.48. The minimum atomic E-state index is -0.440. The van der Waals surface area contributed by atoms with Crippen molar-refractivity contribution in [3.8, 4) is 11.8 Å². The van der Waals surface area contributed by atoms with Crippen LogP contribution in [0.15, 0.2) is 6.07 Å². The molecule has 0 saturated carbocycles. The zero-order valence-corrected chi connectivity index (χ0v) is 11.8. The molecule has 1 atom stereocenters. The number of primary amides is 1. The first-order valence-corrected chi connectivity index (χ1v) is 6.64. The van der Waals surface area contributed by atoms with Crippen molar-refractivity contribution in [1.29, 1.82) is 0 Å². The summed E-state index contributed by atoms with van der Waals surface area (Å²) < 4.78 is 0. The van der Waals surface area contributed by atoms with Gasteiger partial charge in [-0.25, -0.2) is 0 Å². The first kappa shape index (κ1) is 15.2. The quantitative estimate of drug-likeness (QED) is 0.694. The molecule has 0 aromatic carbocycles. The second-order valence-electron chi connectivity index (χ2n) is 4.17. The van der Waals surface area contributed by atoms with Crippen LogP contribution in [0.4, 0.5) is 0 Å². The number of nitrogens with one attached hydrogen (secondary N) is 1. The summed E-state index contributed by atoms with van der Waals surface area (Å²) in [5, 5.41) is 2.72. The minimum Gasteiger partial charge on any atom is -0.370 e. The van der Waals surface area contributed by atoms with E-state index < -0.39 is 5.91 Å². The molecule has 5 nitrogen and oxygen atoms in total. The molecule has 2 amide bonds. The van der Waals surface area contributed by atoms with Gasteiger partial charge in [-0.3, -0.25) is 9.59 Å². The van der Waals surface area contributed by atoms with E-state index in [0.29, 0.717) is 4.88 Å². The summed E-state index contributed by atoms with van der Waals surface area (Å²) in [6, 6.07) is 1.49. The summed E-state index contributed by atoms with van der Waals surface area (Å²) in [6.45, 7) is 3.91. The molecule has 1 unspecified atom stereocenters. The van der Waals surface area contributed by atoms with Crippen LogP contribution in [0.25, 0.3) is 0 Å². The molecular formula is C13H17N3O2S. The predicted octanol–water partition coefficient (Wildman–Crippen LogP) is 0.360. The maximum atomic E-state index is 12.0. The molecule has 0 aliphatic rings. The van der Waals surface area contributed by atoms with E-state index in [-0.39, 0.29) is 24.9 Å². The largest absolute Gasteiger partial charge is 0.370 e. The average molecular weight is 279 g/mol. The molecule has 1 heterocycles. The second kappa shape index (κ2) is 6.92. The minimum absolute atomic E-state index is 0.121. The van der Waals surface area contributed by atoms with E-state index >= 15 is 0 Å². The molecule has 0 spiro atoms. The molecule has 102 valence electrons. The third-order valence-electron chi connectivity index (χ3n) is 2.33. The highest BCUT2D eigenvalue weighted by Crippen LogP contribution is 2.21. The Balaban J connectivity index is 2.75. The van der Waals surface area contributed by atoms with E-state index in [4.69, 9.17) is 11.5 Å². The van der Waals surface area contributed by atoms with Gasteiger partial charge in [-0.05, 0) is 25.5 Å². The van der Waals surface area contributed by atoms with Gasteiger partial charge in [0, 0.05) is 12.5 Å². The Bertz CT molecular complexity index is 540. The van der Waals surface area contributed by atoms with Crippen molar-refractivity contribution in [2.75, 3.05) is 6.54 Å². The lowest BCUT2D eigenvalue weighted by molar-refractivity contribution is -0.118. The zero-order chi connectivity index (χ0) is 14.4. The van der Waals surface area contributed by atoms with Gasteiger partial charge < -0.3 is 16.8 Å². The molecule has 5 N–H and O–H groups in total. The standard InChI is InChI=1S/C13H17N3O2S/c1-8-6-11(19-10(8)4-3-5-14)13(18)16-9(2)7-12(15)17/h6,9H,5,7,14H2,1-2H3,(H2,15,17)(H,16,18). The topological polar surface area (TPSA) is 98.2 Å². The highest BCUT2D eigenvalue weighted by molar-refractivity contribution is 7.14. The lowest BCUT2D eigenvalue weighted by Crippen LogP contribution is -2.35. The SMILES string of the molecule is Cc1cc(C(=O)NC(C)CC(N)=O)sc1C#CCN. The first-order chi connectivity index (χ1) is 8.93. The van der Waals surface area contributed by atoms with Crippen molar-refractivity contribution in [1.82, 2.24) is 5.32 Å². The normalized spacial score (nSPS) is 11.3. The molecule has 0 fully saturated rings. The zero-order valence-electron chi connectivity index (χ0n) is 10.9. The Morgan fingerprint density at radius 1 is 1.53 bits per heavy atom. The Hall–Kier alpha value is -1.84. The Labute approximate surface area is 116 Å². The van der Waals surface area contributed by atoms with Crippen LogP contribution < -0.4 is 16.8 Å². The molecule has 19 heavy (non-hydrogen) atoms. The van der Waals surface area contributed by atoms with Crippen LogP contribution in [-0.4, -0.2) is 24.4 Å². The van der Waals surface area contributed by atoms with Crippen LogP contribution in [-0.2, 0) is 4.79 Å². The summed E-state index contributed by atoms with van der Waals surface area (Å²) in [5.74, 6) is 5.02. The molecule has 0 aliphatic carbocycles. The molecule has 0 saturated heterocycles. The maximum absolute atomic E-state index is 12.0. The van der Waals surface area contributed by atoms with Crippen LogP contribution >= 0.6 is 11.3 Å². The number of hydrogen-bond acceptors (Lipinski definition) is 4. The van der Waals surface area contributed by atoms with Gasteiger partial charge in [-0.2, -0.15) is 0 Å². The van der Waals surface area contributed by atoms with Crippen molar-refractivity contribution in [3.63, 3.8) is 0 Å². The highest BCUT2D eigenvalue weighted by Gasteiger charge is 2.15. The number of carbonyl (C=O) groups is 2. The van der Waals surface area contributed by atoms with E-state index in [9.17, 15) is 9.59 Å². The second-order valence-corrected chi connectivity index (χ2v) is 5.23. The van der Waals surface area contributed by atoms with Crippen LogP contribution in [0.5, 0.6) is 0 Å². The van der Waals surface area contributed by atoms with Gasteiger partial charge in [0.05, 0.1) is 16.3 Å². The van der Waals surface area contributed by atoms with Gasteiger partial charge in [-0.15, -0.1) is 11.3 Å². The fourth-order valence-electron chi connectivity index (χ4n) is 1.50. The maximum Gasteiger partial charge on any atom is 0.261 e. The molecule has 1 rings (SSSR count). The smallest absolute Gasteiger partial charge is 0.261 e. The molecule has 0 radical (unpaired) electrons. The van der Waals surface area contributed by atoms with E-state index in [1.807, 2.05) is 6.92 Å². The fourth-order valence-corrected chi connectivity index (χ4v) is 2.45. The van der Waals surface area contributed by atoms with E-state index in [0.717, 1.165) is 10.4 Å². The Kier molecular flexibility index (Phi) is 5.55. The molecule has 0 bridgehead atoms. The molecule has 0 aliphatic heterocycles. The summed E-state index contributed by atoms with van der Waals surface area (Å²) in [5.41, 5.74) is 11.3. The Morgan fingerprint density at radius 3 is 2.79 bits per heavy atom. The Morgan fingerprint density at radius 2 is 2.21 bits per heavy atom. The van der Waals surface area contributed by atoms with Gasteiger partial charge in [0.1, 0.15) is 0 Å². The van der Waals surface area contributed by atoms with Gasteiger partial charge in [-0.1, -0.05) is 11.8 Å².